The second kappa shape index (κ2) is 11.2. The summed E-state index contributed by atoms with van der Waals surface area (Å²) >= 11 is 0. The maximum atomic E-state index is 9.17. The topological polar surface area (TPSA) is 86.6 Å². The minimum absolute atomic E-state index is 0.0813. The molecule has 0 saturated carbocycles. The molecule has 0 saturated heterocycles. The highest BCUT2D eigenvalue weighted by atomic mass is 15.5. The van der Waals surface area contributed by atoms with Crippen LogP contribution in [0, 0.1) is 39.4 Å². The second-order valence-electron chi connectivity index (χ2n) is 8.23. The Kier molecular flexibility index (Phi) is 7.42. The summed E-state index contributed by atoms with van der Waals surface area (Å²) in [6, 6.07) is 41.4. The van der Waals surface area contributed by atoms with E-state index in [0.717, 1.165) is 33.8 Å². The maximum absolute atomic E-state index is 9.17. The molecule has 0 unspecified atom stereocenters. The summed E-state index contributed by atoms with van der Waals surface area (Å²) in [7, 11) is 0. The number of nitrogens with one attached hydrogen (secondary N) is 1. The van der Waals surface area contributed by atoms with E-state index in [0.29, 0.717) is 0 Å². The number of nitriles is 3. The van der Waals surface area contributed by atoms with Crippen molar-refractivity contribution in [3.05, 3.63) is 126 Å². The van der Waals surface area contributed by atoms with Crippen molar-refractivity contribution in [1.82, 2.24) is 0 Å². The number of hydrogen-bond donors (Lipinski definition) is 1. The highest BCUT2D eigenvalue weighted by Gasteiger charge is 2.30. The van der Waals surface area contributed by atoms with E-state index in [1.54, 1.807) is 0 Å². The van der Waals surface area contributed by atoms with Gasteiger partial charge in [-0.3, -0.25) is 10.4 Å². The average molecular weight is 466 g/mol. The van der Waals surface area contributed by atoms with Gasteiger partial charge in [0.2, 0.25) is 5.41 Å². The van der Waals surface area contributed by atoms with Gasteiger partial charge < -0.3 is 0 Å². The molecule has 0 fully saturated rings. The van der Waals surface area contributed by atoms with Gasteiger partial charge in [0.1, 0.15) is 18.2 Å². The zero-order valence-electron chi connectivity index (χ0n) is 19.5. The first kappa shape index (κ1) is 23.8. The highest BCUT2D eigenvalue weighted by Crippen LogP contribution is 2.26. The Labute approximate surface area is 211 Å². The van der Waals surface area contributed by atoms with Crippen molar-refractivity contribution in [1.29, 1.82) is 15.8 Å². The molecule has 0 bridgehead atoms. The molecule has 0 aliphatic rings. The Bertz CT molecular complexity index is 1360. The van der Waals surface area contributed by atoms with Crippen LogP contribution in [0.4, 0.5) is 17.1 Å². The monoisotopic (exact) mass is 465 g/mol. The zero-order chi connectivity index (χ0) is 25.2. The van der Waals surface area contributed by atoms with Crippen molar-refractivity contribution in [3.63, 3.8) is 0 Å². The molecule has 0 spiro atoms. The van der Waals surface area contributed by atoms with E-state index in [1.807, 2.05) is 120 Å². The van der Waals surface area contributed by atoms with Gasteiger partial charge in [0.05, 0.1) is 17.1 Å². The highest BCUT2D eigenvalue weighted by molar-refractivity contribution is 5.72. The normalized spacial score (nSPS) is 10.7. The molecule has 4 rings (SSSR count). The number of hydrogen-bond acceptors (Lipinski definition) is 5. The van der Waals surface area contributed by atoms with Crippen molar-refractivity contribution in [2.45, 2.75) is 6.42 Å². The average Bonchev–Trinajstić information content (AvgIpc) is 2.96. The molecule has 4 aromatic carbocycles. The quantitative estimate of drug-likeness (QED) is 0.221. The number of para-hydroxylation sites is 2. The van der Waals surface area contributed by atoms with E-state index in [2.05, 4.69) is 29.7 Å². The first-order valence-corrected chi connectivity index (χ1v) is 11.4. The van der Waals surface area contributed by atoms with Gasteiger partial charge in [-0.05, 0) is 53.1 Å². The lowest BCUT2D eigenvalue weighted by Gasteiger charge is -2.26. The first-order chi connectivity index (χ1) is 17.6. The summed E-state index contributed by atoms with van der Waals surface area (Å²) in [5.74, 6) is 0. The molecule has 0 atom stereocenters. The minimum atomic E-state index is -1.65. The summed E-state index contributed by atoms with van der Waals surface area (Å²) < 4.78 is 0. The molecule has 5 heteroatoms. The lowest BCUT2D eigenvalue weighted by molar-refractivity contribution is 0.673. The molecule has 172 valence electrons. The van der Waals surface area contributed by atoms with Gasteiger partial charge in [0.25, 0.3) is 0 Å². The fourth-order valence-electron chi connectivity index (χ4n) is 3.67. The predicted octanol–water partition coefficient (Wildman–Crippen LogP) is 7.12. The number of benzene rings is 4. The van der Waals surface area contributed by atoms with Gasteiger partial charge in [-0.15, -0.1) is 0 Å². The molecule has 0 radical (unpaired) electrons. The first-order valence-electron chi connectivity index (χ1n) is 11.4. The van der Waals surface area contributed by atoms with E-state index in [4.69, 9.17) is 0 Å². The van der Waals surface area contributed by atoms with Crippen LogP contribution >= 0.6 is 0 Å². The fourth-order valence-corrected chi connectivity index (χ4v) is 3.67. The lowest BCUT2D eigenvalue weighted by atomic mass is 9.86. The van der Waals surface area contributed by atoms with Gasteiger partial charge in [-0.2, -0.15) is 15.8 Å². The van der Waals surface area contributed by atoms with Crippen LogP contribution in [0.1, 0.15) is 16.7 Å². The number of anilines is 3. The lowest BCUT2D eigenvalue weighted by Crippen LogP contribution is -2.24. The zero-order valence-corrected chi connectivity index (χ0v) is 19.5. The summed E-state index contributed by atoms with van der Waals surface area (Å²) in [6.45, 7) is 0. The number of hydrazine groups is 1. The van der Waals surface area contributed by atoms with Crippen molar-refractivity contribution >= 4 is 29.2 Å². The third-order valence-electron chi connectivity index (χ3n) is 5.67. The third-order valence-corrected chi connectivity index (χ3v) is 5.67. The summed E-state index contributed by atoms with van der Waals surface area (Å²) in [5.41, 5.74) is 7.68. The molecule has 0 aliphatic heterocycles. The predicted molar refractivity (Wildman–Crippen MR) is 143 cm³/mol. The second-order valence-corrected chi connectivity index (χ2v) is 8.23. The molecule has 0 aliphatic carbocycles. The van der Waals surface area contributed by atoms with Gasteiger partial charge in [-0.1, -0.05) is 84.9 Å². The Balaban J connectivity index is 1.44. The van der Waals surface area contributed by atoms with Crippen LogP contribution in [0.5, 0.6) is 0 Å². The smallest absolute Gasteiger partial charge is 0.232 e. The van der Waals surface area contributed by atoms with Crippen molar-refractivity contribution in [2.75, 3.05) is 10.4 Å². The molecule has 0 heterocycles. The van der Waals surface area contributed by atoms with Gasteiger partial charge in [0, 0.05) is 6.42 Å². The van der Waals surface area contributed by atoms with E-state index < -0.39 is 5.41 Å². The van der Waals surface area contributed by atoms with E-state index >= 15 is 0 Å². The van der Waals surface area contributed by atoms with Crippen LogP contribution in [0.25, 0.3) is 12.2 Å². The van der Waals surface area contributed by atoms with E-state index in [1.165, 1.54) is 0 Å². The van der Waals surface area contributed by atoms with E-state index in [9.17, 15) is 15.8 Å². The minimum Gasteiger partial charge on any atom is -0.294 e. The largest absolute Gasteiger partial charge is 0.294 e. The Morgan fingerprint density at radius 3 is 1.50 bits per heavy atom. The van der Waals surface area contributed by atoms with Gasteiger partial charge >= 0.3 is 0 Å². The third kappa shape index (κ3) is 5.78. The van der Waals surface area contributed by atoms with Crippen LogP contribution in [-0.2, 0) is 6.42 Å². The molecule has 5 nitrogen and oxygen atoms in total. The fraction of sp³-hybridized carbons (Fsp3) is 0.0645. The van der Waals surface area contributed by atoms with Crippen molar-refractivity contribution in [3.8, 4) is 18.2 Å². The van der Waals surface area contributed by atoms with Crippen LogP contribution < -0.4 is 10.4 Å². The summed E-state index contributed by atoms with van der Waals surface area (Å²) in [6.07, 6.45) is 4.10. The van der Waals surface area contributed by atoms with Gasteiger partial charge in [0.15, 0.2) is 0 Å². The standard InChI is InChI=1S/C31H23N5/c32-22-31(23-33,24-34)21-27-15-13-25(14-16-27)11-12-26-17-19-28(20-18-26)35-36(29-7-3-1-4-8-29)30-9-5-2-6-10-30/h1-20,35H,21H2/b12-11+. The molecule has 4 aromatic rings. The maximum Gasteiger partial charge on any atom is 0.232 e. The molecule has 1 N–H and O–H groups in total. The van der Waals surface area contributed by atoms with Crippen molar-refractivity contribution < 1.29 is 0 Å². The van der Waals surface area contributed by atoms with Crippen LogP contribution in [0.15, 0.2) is 109 Å². The molecular formula is C31H23N5. The summed E-state index contributed by atoms with van der Waals surface area (Å²) in [4.78, 5) is 0. The Morgan fingerprint density at radius 1 is 0.611 bits per heavy atom. The van der Waals surface area contributed by atoms with Crippen LogP contribution in [0.3, 0.4) is 0 Å². The Hall–Kier alpha value is -5.31. The number of nitrogens with zero attached hydrogens (tertiary/aromatic N) is 4. The Morgan fingerprint density at radius 2 is 1.06 bits per heavy atom. The van der Waals surface area contributed by atoms with Crippen LogP contribution in [0.2, 0.25) is 0 Å². The van der Waals surface area contributed by atoms with Crippen molar-refractivity contribution in [2.24, 2.45) is 5.41 Å². The SMILES string of the molecule is N#CC(C#N)(C#N)Cc1ccc(/C=C/c2ccc(NN(c3ccccc3)c3ccccc3)cc2)cc1. The van der Waals surface area contributed by atoms with Crippen LogP contribution in [-0.4, -0.2) is 0 Å². The van der Waals surface area contributed by atoms with E-state index in [-0.39, 0.29) is 6.42 Å². The number of rotatable bonds is 8. The molecule has 36 heavy (non-hydrogen) atoms. The molecule has 0 amide bonds. The summed E-state index contributed by atoms with van der Waals surface area (Å²) in [5, 5.41) is 29.6. The van der Waals surface area contributed by atoms with Gasteiger partial charge in [-0.25, -0.2) is 0 Å². The molecule has 0 aromatic heterocycles. The molecular weight excluding hydrogens is 442 g/mol.